The van der Waals surface area contributed by atoms with Crippen LogP contribution in [0.25, 0.3) is 22.3 Å². The molecule has 0 saturated heterocycles. The third kappa shape index (κ3) is 3.96. The van der Waals surface area contributed by atoms with Gasteiger partial charge in [-0.2, -0.15) is 23.2 Å². The summed E-state index contributed by atoms with van der Waals surface area (Å²) >= 11 is 6.14. The fraction of sp³-hybridized carbons (Fsp3) is 0.333. The summed E-state index contributed by atoms with van der Waals surface area (Å²) in [6, 6.07) is 7.27. The van der Waals surface area contributed by atoms with Gasteiger partial charge in [0.2, 0.25) is 10.0 Å². The second-order valence-corrected chi connectivity index (χ2v) is 9.87. The monoisotopic (exact) mass is 482 g/mol. The minimum absolute atomic E-state index is 0.146. The van der Waals surface area contributed by atoms with Crippen molar-refractivity contribution < 1.29 is 21.6 Å². The summed E-state index contributed by atoms with van der Waals surface area (Å²) in [5.41, 5.74) is 2.69. The summed E-state index contributed by atoms with van der Waals surface area (Å²) in [5, 5.41) is 10.3. The lowest BCUT2D eigenvalue weighted by Gasteiger charge is -2.30. The van der Waals surface area contributed by atoms with Gasteiger partial charge in [-0.05, 0) is 49.9 Å². The Bertz CT molecular complexity index is 1320. The van der Waals surface area contributed by atoms with Crippen LogP contribution in [0.4, 0.5) is 13.2 Å². The predicted octanol–water partition coefficient (Wildman–Crippen LogP) is 5.18. The van der Waals surface area contributed by atoms with E-state index in [9.17, 15) is 26.9 Å². The minimum atomic E-state index is -4.70. The highest BCUT2D eigenvalue weighted by atomic mass is 35.5. The molecular weight excluding hydrogens is 465 g/mol. The number of nitrogens with one attached hydrogen (secondary N) is 1. The number of aromatic nitrogens is 2. The Morgan fingerprint density at radius 1 is 1.28 bits per heavy atom. The molecule has 0 radical (unpaired) electrons. The summed E-state index contributed by atoms with van der Waals surface area (Å²) in [4.78, 5) is 4.02. The highest BCUT2D eigenvalue weighted by Gasteiger charge is 2.39. The molecule has 0 amide bonds. The zero-order chi connectivity index (χ0) is 23.3. The van der Waals surface area contributed by atoms with E-state index in [1.807, 2.05) is 4.57 Å². The Morgan fingerprint density at radius 3 is 2.47 bits per heavy atom. The maximum absolute atomic E-state index is 12.8. The van der Waals surface area contributed by atoms with Crippen molar-refractivity contribution in [3.05, 3.63) is 47.1 Å². The SMILES string of the molecule is CC(NS(=O)(=O)c1ccc(-c2c(C#N)c3ncc(Cl)cc3n2C2CCC2)cc1)C(F)(F)F. The smallest absolute Gasteiger partial charge is 0.335 e. The second kappa shape index (κ2) is 8.06. The first-order chi connectivity index (χ1) is 15.0. The minimum Gasteiger partial charge on any atom is -0.335 e. The summed E-state index contributed by atoms with van der Waals surface area (Å²) in [6.45, 7) is 0.736. The van der Waals surface area contributed by atoms with Gasteiger partial charge in [0.15, 0.2) is 0 Å². The number of sulfonamides is 1. The van der Waals surface area contributed by atoms with Crippen LogP contribution in [-0.2, 0) is 10.0 Å². The first-order valence-electron chi connectivity index (χ1n) is 9.82. The first kappa shape index (κ1) is 22.6. The molecule has 1 N–H and O–H groups in total. The largest absolute Gasteiger partial charge is 0.404 e. The molecule has 1 unspecified atom stereocenters. The van der Waals surface area contributed by atoms with Gasteiger partial charge in [0, 0.05) is 12.2 Å². The van der Waals surface area contributed by atoms with E-state index >= 15 is 0 Å². The zero-order valence-electron chi connectivity index (χ0n) is 16.8. The Kier molecular flexibility index (Phi) is 5.69. The molecule has 2 heterocycles. The van der Waals surface area contributed by atoms with E-state index in [4.69, 9.17) is 11.6 Å². The van der Waals surface area contributed by atoms with Crippen LogP contribution in [0.2, 0.25) is 5.02 Å². The van der Waals surface area contributed by atoms with Crippen molar-refractivity contribution in [3.63, 3.8) is 0 Å². The number of halogens is 4. The van der Waals surface area contributed by atoms with Crippen molar-refractivity contribution >= 4 is 32.7 Å². The van der Waals surface area contributed by atoms with E-state index in [2.05, 4.69) is 11.1 Å². The maximum atomic E-state index is 12.8. The molecule has 3 aromatic rings. The van der Waals surface area contributed by atoms with Crippen molar-refractivity contribution in [3.8, 4) is 17.3 Å². The number of fused-ring (bicyclic) bond motifs is 1. The van der Waals surface area contributed by atoms with Gasteiger partial charge in [0.25, 0.3) is 0 Å². The normalized spacial score (nSPS) is 16.0. The number of benzene rings is 1. The molecule has 0 bridgehead atoms. The predicted molar refractivity (Wildman–Crippen MR) is 114 cm³/mol. The van der Waals surface area contributed by atoms with E-state index in [1.54, 1.807) is 10.8 Å². The molecule has 1 atom stereocenters. The Balaban J connectivity index is 1.80. The molecule has 11 heteroatoms. The first-order valence-corrected chi connectivity index (χ1v) is 11.7. The molecule has 1 aliphatic rings. The highest BCUT2D eigenvalue weighted by molar-refractivity contribution is 7.89. The van der Waals surface area contributed by atoms with Gasteiger partial charge in [-0.1, -0.05) is 23.7 Å². The molecule has 1 saturated carbocycles. The van der Waals surface area contributed by atoms with Crippen LogP contribution in [0.15, 0.2) is 41.4 Å². The third-order valence-corrected chi connectivity index (χ3v) is 7.38. The van der Waals surface area contributed by atoms with Gasteiger partial charge in [-0.15, -0.1) is 0 Å². The van der Waals surface area contributed by atoms with E-state index in [-0.39, 0.29) is 10.9 Å². The molecule has 32 heavy (non-hydrogen) atoms. The van der Waals surface area contributed by atoms with Crippen molar-refractivity contribution in [1.29, 1.82) is 5.26 Å². The van der Waals surface area contributed by atoms with Crippen LogP contribution in [-0.4, -0.2) is 30.2 Å². The van der Waals surface area contributed by atoms with Gasteiger partial charge >= 0.3 is 6.18 Å². The topological polar surface area (TPSA) is 87.8 Å². The lowest BCUT2D eigenvalue weighted by molar-refractivity contribution is -0.147. The average molecular weight is 483 g/mol. The maximum Gasteiger partial charge on any atom is 0.404 e. The van der Waals surface area contributed by atoms with Gasteiger partial charge < -0.3 is 4.57 Å². The van der Waals surface area contributed by atoms with Crippen molar-refractivity contribution in [2.45, 2.75) is 49.3 Å². The number of hydrogen-bond donors (Lipinski definition) is 1. The number of nitriles is 1. The molecule has 2 aromatic heterocycles. The fourth-order valence-corrected chi connectivity index (χ4v) is 5.11. The molecular formula is C21H18ClF3N4O2S. The quantitative estimate of drug-likeness (QED) is 0.542. The van der Waals surface area contributed by atoms with E-state index in [0.29, 0.717) is 32.9 Å². The number of hydrogen-bond acceptors (Lipinski definition) is 4. The Labute approximate surface area is 187 Å². The second-order valence-electron chi connectivity index (χ2n) is 7.72. The summed E-state index contributed by atoms with van der Waals surface area (Å²) in [5.74, 6) is 0. The summed E-state index contributed by atoms with van der Waals surface area (Å²) < 4.78 is 66.7. The van der Waals surface area contributed by atoms with E-state index in [1.165, 1.54) is 30.5 Å². The van der Waals surface area contributed by atoms with Crippen LogP contribution in [0, 0.1) is 11.3 Å². The summed E-state index contributed by atoms with van der Waals surface area (Å²) in [6.07, 6.45) is -0.366. The number of pyridine rings is 1. The van der Waals surface area contributed by atoms with Gasteiger partial charge in [-0.25, -0.2) is 8.42 Å². The average Bonchev–Trinajstić information content (AvgIpc) is 2.99. The van der Waals surface area contributed by atoms with Crippen molar-refractivity contribution in [2.24, 2.45) is 0 Å². The highest BCUT2D eigenvalue weighted by Crippen LogP contribution is 2.42. The van der Waals surface area contributed by atoms with Crippen LogP contribution >= 0.6 is 11.6 Å². The molecule has 0 aliphatic heterocycles. The van der Waals surface area contributed by atoms with Crippen molar-refractivity contribution in [2.75, 3.05) is 0 Å². The van der Waals surface area contributed by atoms with Gasteiger partial charge in [-0.3, -0.25) is 4.98 Å². The third-order valence-electron chi connectivity index (χ3n) is 5.62. The van der Waals surface area contributed by atoms with Crippen LogP contribution in [0.3, 0.4) is 0 Å². The van der Waals surface area contributed by atoms with Crippen molar-refractivity contribution in [1.82, 2.24) is 14.3 Å². The standard InChI is InChI=1S/C21H18ClF3N4O2S/c1-12(21(23,24)25)28-32(30,31)16-7-5-13(6-8-16)20-17(10-26)19-18(9-14(22)11-27-19)29(20)15-3-2-4-15/h5-9,11-12,15,28H,2-4H2,1H3. The molecule has 1 fully saturated rings. The molecule has 1 aliphatic carbocycles. The number of alkyl halides is 3. The molecule has 0 spiro atoms. The number of rotatable bonds is 5. The molecule has 168 valence electrons. The van der Waals surface area contributed by atoms with E-state index < -0.39 is 22.2 Å². The van der Waals surface area contributed by atoms with Gasteiger partial charge in [0.1, 0.15) is 23.2 Å². The van der Waals surface area contributed by atoms with Crippen LogP contribution in [0.1, 0.15) is 37.8 Å². The van der Waals surface area contributed by atoms with E-state index in [0.717, 1.165) is 26.2 Å². The lowest BCUT2D eigenvalue weighted by Crippen LogP contribution is -2.42. The molecule has 4 rings (SSSR count). The summed E-state index contributed by atoms with van der Waals surface area (Å²) in [7, 11) is -4.38. The lowest BCUT2D eigenvalue weighted by atomic mass is 9.92. The van der Waals surface area contributed by atoms with Crippen LogP contribution < -0.4 is 4.72 Å². The number of nitrogens with zero attached hydrogens (tertiary/aromatic N) is 3. The fourth-order valence-electron chi connectivity index (χ4n) is 3.73. The molecule has 6 nitrogen and oxygen atoms in total. The Hall–Kier alpha value is -2.61. The zero-order valence-corrected chi connectivity index (χ0v) is 18.4. The van der Waals surface area contributed by atoms with Crippen LogP contribution in [0.5, 0.6) is 0 Å². The van der Waals surface area contributed by atoms with Gasteiger partial charge in [0.05, 0.1) is 21.1 Å². The molecule has 1 aromatic carbocycles. The Morgan fingerprint density at radius 2 is 1.94 bits per heavy atom.